The van der Waals surface area contributed by atoms with Gasteiger partial charge in [0.15, 0.2) is 0 Å². The van der Waals surface area contributed by atoms with Gasteiger partial charge in [0.05, 0.1) is 5.52 Å². The molecule has 0 atom stereocenters. The predicted molar refractivity (Wildman–Crippen MR) is 74.3 cm³/mol. The lowest BCUT2D eigenvalue weighted by molar-refractivity contribution is 0.616. The van der Waals surface area contributed by atoms with Gasteiger partial charge in [-0.1, -0.05) is 25.1 Å². The van der Waals surface area contributed by atoms with Crippen LogP contribution in [0.5, 0.6) is 0 Å². The highest BCUT2D eigenvalue weighted by Crippen LogP contribution is 2.23. The Labute approximate surface area is 104 Å². The molecule has 0 aliphatic heterocycles. The Morgan fingerprint density at radius 2 is 2.06 bits per heavy atom. The van der Waals surface area contributed by atoms with Gasteiger partial charge in [0, 0.05) is 18.8 Å². The topological polar surface area (TPSA) is 17.0 Å². The van der Waals surface area contributed by atoms with Gasteiger partial charge >= 0.3 is 0 Å². The van der Waals surface area contributed by atoms with Crippen molar-refractivity contribution in [1.29, 1.82) is 0 Å². The van der Waals surface area contributed by atoms with Crippen LogP contribution in [0.2, 0.25) is 0 Å². The standard InChI is InChI=1S/C15H22N2/c1-4-9-16-11-14-7-5-6-13-8-10-17(12(2)3)15(13)14/h5-8,10,12,16H,4,9,11H2,1-3H3. The van der Waals surface area contributed by atoms with Gasteiger partial charge in [0.1, 0.15) is 0 Å². The van der Waals surface area contributed by atoms with E-state index in [1.54, 1.807) is 0 Å². The molecule has 1 aromatic heterocycles. The number of rotatable bonds is 5. The Bertz CT molecular complexity index is 483. The molecular weight excluding hydrogens is 208 g/mol. The van der Waals surface area contributed by atoms with Crippen molar-refractivity contribution < 1.29 is 0 Å². The van der Waals surface area contributed by atoms with E-state index in [4.69, 9.17) is 0 Å². The first-order chi connectivity index (χ1) is 8.24. The molecule has 0 unspecified atom stereocenters. The van der Waals surface area contributed by atoms with E-state index in [1.165, 1.54) is 22.9 Å². The average Bonchev–Trinajstić information content (AvgIpc) is 2.74. The summed E-state index contributed by atoms with van der Waals surface area (Å²) in [6.45, 7) is 8.70. The van der Waals surface area contributed by atoms with E-state index >= 15 is 0 Å². The summed E-state index contributed by atoms with van der Waals surface area (Å²) in [6.07, 6.45) is 3.37. The molecule has 0 aliphatic rings. The second kappa shape index (κ2) is 5.37. The summed E-state index contributed by atoms with van der Waals surface area (Å²) in [6, 6.07) is 9.29. The molecule has 2 heteroatoms. The highest BCUT2D eigenvalue weighted by Gasteiger charge is 2.08. The second-order valence-electron chi connectivity index (χ2n) is 4.85. The molecule has 1 N–H and O–H groups in total. The van der Waals surface area contributed by atoms with Crippen molar-refractivity contribution in [2.75, 3.05) is 6.54 Å². The fourth-order valence-corrected chi connectivity index (χ4v) is 2.27. The summed E-state index contributed by atoms with van der Waals surface area (Å²) in [5.74, 6) is 0. The van der Waals surface area contributed by atoms with Gasteiger partial charge in [-0.15, -0.1) is 0 Å². The van der Waals surface area contributed by atoms with Crippen molar-refractivity contribution in [3.05, 3.63) is 36.0 Å². The van der Waals surface area contributed by atoms with Crippen molar-refractivity contribution in [2.45, 2.75) is 39.8 Å². The van der Waals surface area contributed by atoms with Crippen LogP contribution in [-0.4, -0.2) is 11.1 Å². The Morgan fingerprint density at radius 3 is 2.76 bits per heavy atom. The second-order valence-corrected chi connectivity index (χ2v) is 4.85. The molecule has 2 aromatic rings. The Balaban J connectivity index is 2.36. The van der Waals surface area contributed by atoms with Crippen LogP contribution in [0.25, 0.3) is 10.9 Å². The van der Waals surface area contributed by atoms with Crippen LogP contribution >= 0.6 is 0 Å². The molecule has 0 saturated carbocycles. The zero-order valence-electron chi connectivity index (χ0n) is 11.0. The lowest BCUT2D eigenvalue weighted by Crippen LogP contribution is -2.14. The average molecular weight is 230 g/mol. The van der Waals surface area contributed by atoms with Crippen LogP contribution in [0.1, 0.15) is 38.8 Å². The molecule has 92 valence electrons. The summed E-state index contributed by atoms with van der Waals surface area (Å²) in [5, 5.41) is 4.83. The van der Waals surface area contributed by atoms with Crippen molar-refractivity contribution in [3.8, 4) is 0 Å². The molecule has 0 fully saturated rings. The summed E-state index contributed by atoms with van der Waals surface area (Å²) in [7, 11) is 0. The maximum Gasteiger partial charge on any atom is 0.0528 e. The third-order valence-corrected chi connectivity index (χ3v) is 3.12. The van der Waals surface area contributed by atoms with E-state index in [0.717, 1.165) is 13.1 Å². The highest BCUT2D eigenvalue weighted by atomic mass is 15.0. The van der Waals surface area contributed by atoms with Crippen molar-refractivity contribution in [2.24, 2.45) is 0 Å². The summed E-state index contributed by atoms with van der Waals surface area (Å²) in [4.78, 5) is 0. The summed E-state index contributed by atoms with van der Waals surface area (Å²) >= 11 is 0. The van der Waals surface area contributed by atoms with Crippen molar-refractivity contribution >= 4 is 10.9 Å². The first kappa shape index (κ1) is 12.2. The molecule has 0 radical (unpaired) electrons. The van der Waals surface area contributed by atoms with E-state index in [2.05, 4.69) is 61.1 Å². The van der Waals surface area contributed by atoms with E-state index < -0.39 is 0 Å². The van der Waals surface area contributed by atoms with Gasteiger partial charge in [-0.05, 0) is 43.8 Å². The Kier molecular flexibility index (Phi) is 3.85. The van der Waals surface area contributed by atoms with E-state index in [9.17, 15) is 0 Å². The van der Waals surface area contributed by atoms with E-state index in [-0.39, 0.29) is 0 Å². The maximum atomic E-state index is 3.49. The first-order valence-electron chi connectivity index (χ1n) is 6.53. The normalized spacial score (nSPS) is 11.5. The number of hydrogen-bond acceptors (Lipinski definition) is 1. The van der Waals surface area contributed by atoms with Gasteiger partial charge in [0.2, 0.25) is 0 Å². The fourth-order valence-electron chi connectivity index (χ4n) is 2.27. The molecule has 0 spiro atoms. The van der Waals surface area contributed by atoms with Crippen LogP contribution in [0.4, 0.5) is 0 Å². The summed E-state index contributed by atoms with van der Waals surface area (Å²) < 4.78 is 2.36. The molecular formula is C15H22N2. The van der Waals surface area contributed by atoms with Crippen LogP contribution in [0.15, 0.2) is 30.5 Å². The zero-order chi connectivity index (χ0) is 12.3. The molecule has 0 amide bonds. The highest BCUT2D eigenvalue weighted by molar-refractivity contribution is 5.83. The predicted octanol–water partition coefficient (Wildman–Crippen LogP) is 3.72. The van der Waals surface area contributed by atoms with Crippen LogP contribution in [0, 0.1) is 0 Å². The molecule has 0 aliphatic carbocycles. The minimum absolute atomic E-state index is 0.514. The number of nitrogens with one attached hydrogen (secondary N) is 1. The molecule has 17 heavy (non-hydrogen) atoms. The zero-order valence-corrected chi connectivity index (χ0v) is 11.0. The van der Waals surface area contributed by atoms with E-state index in [1.807, 2.05) is 0 Å². The van der Waals surface area contributed by atoms with Crippen LogP contribution < -0.4 is 5.32 Å². The van der Waals surface area contributed by atoms with Gasteiger partial charge in [-0.2, -0.15) is 0 Å². The third kappa shape index (κ3) is 2.52. The lowest BCUT2D eigenvalue weighted by atomic mass is 10.1. The molecule has 2 rings (SSSR count). The third-order valence-electron chi connectivity index (χ3n) is 3.12. The van der Waals surface area contributed by atoms with Gasteiger partial charge in [-0.25, -0.2) is 0 Å². The number of fused-ring (bicyclic) bond motifs is 1. The smallest absolute Gasteiger partial charge is 0.0528 e. The first-order valence-corrected chi connectivity index (χ1v) is 6.53. The number of benzene rings is 1. The van der Waals surface area contributed by atoms with Gasteiger partial charge < -0.3 is 9.88 Å². The fraction of sp³-hybridized carbons (Fsp3) is 0.467. The Hall–Kier alpha value is -1.28. The Morgan fingerprint density at radius 1 is 1.24 bits per heavy atom. The monoisotopic (exact) mass is 230 g/mol. The maximum absolute atomic E-state index is 3.49. The minimum atomic E-state index is 0.514. The largest absolute Gasteiger partial charge is 0.345 e. The summed E-state index contributed by atoms with van der Waals surface area (Å²) in [5.41, 5.74) is 2.78. The SMILES string of the molecule is CCCNCc1cccc2ccn(C(C)C)c12. The van der Waals surface area contributed by atoms with Crippen molar-refractivity contribution in [3.63, 3.8) is 0 Å². The lowest BCUT2D eigenvalue weighted by Gasteiger charge is -2.13. The minimum Gasteiger partial charge on any atom is -0.345 e. The molecule has 1 aromatic carbocycles. The van der Waals surface area contributed by atoms with Gasteiger partial charge in [-0.3, -0.25) is 0 Å². The molecule has 0 bridgehead atoms. The van der Waals surface area contributed by atoms with Gasteiger partial charge in [0.25, 0.3) is 0 Å². The molecule has 0 saturated heterocycles. The molecule has 2 nitrogen and oxygen atoms in total. The van der Waals surface area contributed by atoms with Crippen LogP contribution in [-0.2, 0) is 6.54 Å². The quantitative estimate of drug-likeness (QED) is 0.775. The van der Waals surface area contributed by atoms with E-state index in [0.29, 0.717) is 6.04 Å². The number of hydrogen-bond donors (Lipinski definition) is 1. The van der Waals surface area contributed by atoms with Crippen LogP contribution in [0.3, 0.4) is 0 Å². The molecule has 1 heterocycles. The number of nitrogens with zero attached hydrogens (tertiary/aromatic N) is 1. The number of aromatic nitrogens is 1. The number of para-hydroxylation sites is 1. The van der Waals surface area contributed by atoms with Crippen molar-refractivity contribution in [1.82, 2.24) is 9.88 Å².